The Labute approximate surface area is 168 Å². The van der Waals surface area contributed by atoms with E-state index in [1.807, 2.05) is 35.3 Å². The Morgan fingerprint density at radius 1 is 1.21 bits per heavy atom. The molecule has 2 aromatic rings. The van der Waals surface area contributed by atoms with Crippen LogP contribution in [-0.2, 0) is 21.2 Å². The fourth-order valence-electron chi connectivity index (χ4n) is 3.52. The number of rotatable bonds is 6. The van der Waals surface area contributed by atoms with Crippen LogP contribution in [0.25, 0.3) is 0 Å². The summed E-state index contributed by atoms with van der Waals surface area (Å²) in [5, 5.41) is 2.87. The fourth-order valence-corrected chi connectivity index (χ4v) is 5.25. The number of carbonyl (C=O) groups excluding carboxylic acids is 1. The first-order chi connectivity index (χ1) is 13.8. The van der Waals surface area contributed by atoms with E-state index in [0.29, 0.717) is 25.8 Å². The molecule has 3 N–H and O–H groups in total. The Balaban J connectivity index is 1.67. The highest BCUT2D eigenvalue weighted by Gasteiger charge is 2.35. The topological polar surface area (TPSA) is 132 Å². The van der Waals surface area contributed by atoms with E-state index in [0.717, 1.165) is 9.87 Å². The molecule has 1 aliphatic heterocycles. The maximum absolute atomic E-state index is 13.0. The van der Waals surface area contributed by atoms with Crippen LogP contribution in [0, 0.1) is 12.8 Å². The lowest BCUT2D eigenvalue weighted by Crippen LogP contribution is -2.47. The number of H-pyrrole nitrogens is 2. The van der Waals surface area contributed by atoms with Gasteiger partial charge in [0.15, 0.2) is 4.90 Å². The van der Waals surface area contributed by atoms with Crippen molar-refractivity contribution < 1.29 is 13.2 Å². The lowest BCUT2D eigenvalue weighted by Gasteiger charge is -2.31. The van der Waals surface area contributed by atoms with E-state index in [1.165, 1.54) is 6.92 Å². The molecule has 1 aliphatic rings. The molecule has 0 saturated carbocycles. The van der Waals surface area contributed by atoms with Gasteiger partial charge in [0.25, 0.3) is 5.56 Å². The third-order valence-electron chi connectivity index (χ3n) is 4.98. The number of nitrogens with zero attached hydrogens (tertiary/aromatic N) is 1. The van der Waals surface area contributed by atoms with Crippen LogP contribution in [0.1, 0.15) is 24.1 Å². The molecule has 1 saturated heterocycles. The van der Waals surface area contributed by atoms with Crippen molar-refractivity contribution in [3.63, 3.8) is 0 Å². The van der Waals surface area contributed by atoms with Crippen LogP contribution in [-0.4, -0.2) is 48.2 Å². The van der Waals surface area contributed by atoms with Gasteiger partial charge in [0.2, 0.25) is 15.9 Å². The Bertz CT molecular complexity index is 1090. The van der Waals surface area contributed by atoms with Gasteiger partial charge >= 0.3 is 5.69 Å². The number of aromatic nitrogens is 2. The van der Waals surface area contributed by atoms with Crippen LogP contribution in [0.2, 0.25) is 0 Å². The number of aromatic amines is 2. The van der Waals surface area contributed by atoms with E-state index in [-0.39, 0.29) is 24.7 Å². The first kappa shape index (κ1) is 21.0. The zero-order valence-corrected chi connectivity index (χ0v) is 16.9. The summed E-state index contributed by atoms with van der Waals surface area (Å²) >= 11 is 0. The van der Waals surface area contributed by atoms with Crippen LogP contribution in [0.3, 0.4) is 0 Å². The molecule has 1 fully saturated rings. The van der Waals surface area contributed by atoms with Crippen molar-refractivity contribution in [3.05, 3.63) is 62.4 Å². The van der Waals surface area contributed by atoms with Gasteiger partial charge in [-0.25, -0.2) is 13.2 Å². The first-order valence-electron chi connectivity index (χ1n) is 9.44. The van der Waals surface area contributed by atoms with Gasteiger partial charge in [-0.2, -0.15) is 4.31 Å². The van der Waals surface area contributed by atoms with Crippen LogP contribution >= 0.6 is 0 Å². The predicted molar refractivity (Wildman–Crippen MR) is 107 cm³/mol. The van der Waals surface area contributed by atoms with E-state index in [1.54, 1.807) is 0 Å². The minimum absolute atomic E-state index is 0.00247. The molecule has 0 aliphatic carbocycles. The Hall–Kier alpha value is -2.72. The largest absolute Gasteiger partial charge is 0.355 e. The van der Waals surface area contributed by atoms with Crippen LogP contribution < -0.4 is 16.6 Å². The molecular weight excluding hydrogens is 396 g/mol. The van der Waals surface area contributed by atoms with Gasteiger partial charge in [-0.15, -0.1) is 0 Å². The molecule has 2 heterocycles. The van der Waals surface area contributed by atoms with Gasteiger partial charge in [-0.05, 0) is 31.7 Å². The van der Waals surface area contributed by atoms with Gasteiger partial charge in [0.1, 0.15) is 0 Å². The van der Waals surface area contributed by atoms with Crippen molar-refractivity contribution in [1.29, 1.82) is 0 Å². The van der Waals surface area contributed by atoms with Crippen LogP contribution in [0.15, 0.2) is 44.8 Å². The van der Waals surface area contributed by atoms with Gasteiger partial charge < -0.3 is 10.3 Å². The number of amides is 1. The van der Waals surface area contributed by atoms with Crippen LogP contribution in [0.4, 0.5) is 0 Å². The average molecular weight is 420 g/mol. The quantitative estimate of drug-likeness (QED) is 0.611. The SMILES string of the molecule is Cc1[nH]c(=O)[nH]c(=O)c1S(=O)(=O)N1CCC[C@H](C(=O)NCCc2ccccc2)C1. The summed E-state index contributed by atoms with van der Waals surface area (Å²) < 4.78 is 27.1. The molecule has 0 radical (unpaired) electrons. The second-order valence-corrected chi connectivity index (χ2v) is 8.97. The number of piperidine rings is 1. The highest BCUT2D eigenvalue weighted by molar-refractivity contribution is 7.89. The lowest BCUT2D eigenvalue weighted by molar-refractivity contribution is -0.126. The van der Waals surface area contributed by atoms with Gasteiger partial charge in [0, 0.05) is 25.3 Å². The first-order valence-corrected chi connectivity index (χ1v) is 10.9. The Morgan fingerprint density at radius 2 is 1.93 bits per heavy atom. The van der Waals surface area contributed by atoms with Crippen molar-refractivity contribution in [2.24, 2.45) is 5.92 Å². The van der Waals surface area contributed by atoms with Crippen molar-refractivity contribution in [3.8, 4) is 0 Å². The van der Waals surface area contributed by atoms with Crippen molar-refractivity contribution in [2.75, 3.05) is 19.6 Å². The highest BCUT2D eigenvalue weighted by atomic mass is 32.2. The van der Waals surface area contributed by atoms with Gasteiger partial charge in [-0.3, -0.25) is 14.6 Å². The Morgan fingerprint density at radius 3 is 2.62 bits per heavy atom. The highest BCUT2D eigenvalue weighted by Crippen LogP contribution is 2.23. The summed E-state index contributed by atoms with van der Waals surface area (Å²) in [7, 11) is -4.13. The molecule has 1 aromatic carbocycles. The average Bonchev–Trinajstić information content (AvgIpc) is 2.68. The molecule has 10 heteroatoms. The predicted octanol–water partition coefficient (Wildman–Crippen LogP) is 0.131. The zero-order valence-electron chi connectivity index (χ0n) is 16.1. The number of hydrogen-bond acceptors (Lipinski definition) is 5. The number of hydrogen-bond donors (Lipinski definition) is 3. The molecule has 0 unspecified atom stereocenters. The summed E-state index contributed by atoms with van der Waals surface area (Å²) in [6.07, 6.45) is 1.77. The number of nitrogens with one attached hydrogen (secondary N) is 3. The third-order valence-corrected chi connectivity index (χ3v) is 7.00. The molecule has 9 nitrogen and oxygen atoms in total. The van der Waals surface area contributed by atoms with Gasteiger partial charge in [-0.1, -0.05) is 30.3 Å². The summed E-state index contributed by atoms with van der Waals surface area (Å²) in [4.78, 5) is 39.7. The smallest absolute Gasteiger partial charge is 0.325 e. The summed E-state index contributed by atoms with van der Waals surface area (Å²) in [6.45, 7) is 2.04. The van der Waals surface area contributed by atoms with E-state index < -0.39 is 32.1 Å². The second kappa shape index (κ2) is 8.75. The van der Waals surface area contributed by atoms with Crippen molar-refractivity contribution >= 4 is 15.9 Å². The third kappa shape index (κ3) is 4.83. The Kier molecular flexibility index (Phi) is 6.33. The van der Waals surface area contributed by atoms with Crippen molar-refractivity contribution in [2.45, 2.75) is 31.1 Å². The molecule has 1 aromatic heterocycles. The van der Waals surface area contributed by atoms with E-state index in [2.05, 4.69) is 10.3 Å². The molecule has 0 spiro atoms. The molecule has 1 atom stereocenters. The summed E-state index contributed by atoms with van der Waals surface area (Å²) in [5.41, 5.74) is -0.636. The second-order valence-electron chi connectivity index (χ2n) is 7.09. The maximum Gasteiger partial charge on any atom is 0.325 e. The minimum atomic E-state index is -4.13. The number of aryl methyl sites for hydroxylation is 1. The summed E-state index contributed by atoms with van der Waals surface area (Å²) in [5.74, 6) is -0.690. The normalized spacial score (nSPS) is 17.8. The van der Waals surface area contributed by atoms with E-state index in [4.69, 9.17) is 0 Å². The van der Waals surface area contributed by atoms with E-state index >= 15 is 0 Å². The molecule has 0 bridgehead atoms. The zero-order chi connectivity index (χ0) is 21.0. The van der Waals surface area contributed by atoms with Gasteiger partial charge in [0.05, 0.1) is 5.92 Å². The maximum atomic E-state index is 13.0. The molecule has 156 valence electrons. The van der Waals surface area contributed by atoms with Crippen molar-refractivity contribution in [1.82, 2.24) is 19.6 Å². The molecular formula is C19H24N4O5S. The molecule has 3 rings (SSSR count). The number of sulfonamides is 1. The monoisotopic (exact) mass is 420 g/mol. The summed E-state index contributed by atoms with van der Waals surface area (Å²) in [6, 6.07) is 9.74. The lowest BCUT2D eigenvalue weighted by atomic mass is 9.99. The minimum Gasteiger partial charge on any atom is -0.355 e. The van der Waals surface area contributed by atoms with E-state index in [9.17, 15) is 22.8 Å². The van der Waals surface area contributed by atoms with Crippen LogP contribution in [0.5, 0.6) is 0 Å². The fraction of sp³-hybridized carbons (Fsp3) is 0.421. The molecule has 29 heavy (non-hydrogen) atoms. The number of carbonyl (C=O) groups is 1. The number of benzene rings is 1. The molecule has 1 amide bonds. The standard InChI is InChI=1S/C19H24N4O5S/c1-13-16(18(25)22-19(26)21-13)29(27,28)23-11-5-8-15(12-23)17(24)20-10-9-14-6-3-2-4-7-14/h2-4,6-7,15H,5,8-12H2,1H3,(H,20,24)(H2,21,22,25,26)/t15-/m0/s1.